The molecule has 0 N–H and O–H groups in total. The van der Waals surface area contributed by atoms with Gasteiger partial charge >= 0.3 is 5.97 Å². The fourth-order valence-corrected chi connectivity index (χ4v) is 4.24. The number of ether oxygens (including phenoxy) is 1. The summed E-state index contributed by atoms with van der Waals surface area (Å²) in [4.78, 5) is 31.0. The summed E-state index contributed by atoms with van der Waals surface area (Å²) in [6, 6.07) is 15.7. The lowest BCUT2D eigenvalue weighted by atomic mass is 10.1. The van der Waals surface area contributed by atoms with E-state index in [9.17, 15) is 9.59 Å². The van der Waals surface area contributed by atoms with Crippen molar-refractivity contribution in [3.05, 3.63) is 48.5 Å². The number of hydrogen-bond acceptors (Lipinski definition) is 5. The number of nitrogens with zero attached hydrogens (tertiary/aromatic N) is 2. The van der Waals surface area contributed by atoms with E-state index in [1.165, 1.54) is 0 Å². The van der Waals surface area contributed by atoms with Crippen LogP contribution in [0, 0.1) is 5.92 Å². The summed E-state index contributed by atoms with van der Waals surface area (Å²) in [6.07, 6.45) is 0.188. The Balaban J connectivity index is 1.70. The Morgan fingerprint density at radius 3 is 2.81 bits per heavy atom. The molecule has 0 unspecified atom stereocenters. The van der Waals surface area contributed by atoms with Gasteiger partial charge in [-0.3, -0.25) is 9.59 Å². The maximum absolute atomic E-state index is 12.6. The molecule has 1 aliphatic heterocycles. The van der Waals surface area contributed by atoms with Crippen LogP contribution in [-0.2, 0) is 14.3 Å². The van der Waals surface area contributed by atoms with Gasteiger partial charge in [0.2, 0.25) is 5.91 Å². The first-order valence-electron chi connectivity index (χ1n) is 8.59. The number of rotatable bonds is 4. The molecule has 26 heavy (non-hydrogen) atoms. The van der Waals surface area contributed by atoms with Crippen LogP contribution in [0.25, 0.3) is 20.8 Å². The van der Waals surface area contributed by atoms with Gasteiger partial charge in [-0.05, 0) is 31.2 Å². The summed E-state index contributed by atoms with van der Waals surface area (Å²) < 4.78 is 6.19. The van der Waals surface area contributed by atoms with Crippen molar-refractivity contribution >= 4 is 39.1 Å². The molecule has 2 aromatic carbocycles. The molecule has 1 amide bonds. The summed E-state index contributed by atoms with van der Waals surface area (Å²) in [5, 5.41) is 0.870. The minimum absolute atomic E-state index is 0.0587. The maximum atomic E-state index is 12.6. The van der Waals surface area contributed by atoms with Crippen LogP contribution in [0.1, 0.15) is 13.3 Å². The highest BCUT2D eigenvalue weighted by atomic mass is 32.1. The second-order valence-corrected chi connectivity index (χ2v) is 7.19. The van der Waals surface area contributed by atoms with Crippen molar-refractivity contribution in [2.24, 2.45) is 5.92 Å². The van der Waals surface area contributed by atoms with E-state index in [0.717, 1.165) is 26.5 Å². The quantitative estimate of drug-likeness (QED) is 0.658. The summed E-state index contributed by atoms with van der Waals surface area (Å²) in [5.41, 5.74) is 2.65. The number of fused-ring (bicyclic) bond motifs is 1. The molecule has 1 fully saturated rings. The van der Waals surface area contributed by atoms with E-state index in [-0.39, 0.29) is 18.3 Å². The number of carbonyl (C=O) groups is 2. The number of hydrogen-bond donors (Lipinski definition) is 0. The Labute approximate surface area is 155 Å². The van der Waals surface area contributed by atoms with Gasteiger partial charge in [-0.2, -0.15) is 0 Å². The Kier molecular flexibility index (Phi) is 4.42. The van der Waals surface area contributed by atoms with E-state index in [2.05, 4.69) is 0 Å². The minimum atomic E-state index is -0.411. The van der Waals surface area contributed by atoms with E-state index in [1.807, 2.05) is 48.5 Å². The number of aromatic nitrogens is 1. The SMILES string of the molecule is CCOC(=O)[C@H]1CC(=O)N(c2ccccc2-c2nc3ccccc3s2)C1. The number of para-hydroxylation sites is 2. The molecule has 1 saturated heterocycles. The molecule has 0 saturated carbocycles. The van der Waals surface area contributed by atoms with Crippen molar-refractivity contribution in [1.82, 2.24) is 4.98 Å². The molecule has 132 valence electrons. The van der Waals surface area contributed by atoms with Crippen LogP contribution in [0.3, 0.4) is 0 Å². The Morgan fingerprint density at radius 2 is 2.00 bits per heavy atom. The topological polar surface area (TPSA) is 59.5 Å². The van der Waals surface area contributed by atoms with Crippen LogP contribution in [0.15, 0.2) is 48.5 Å². The van der Waals surface area contributed by atoms with E-state index >= 15 is 0 Å². The summed E-state index contributed by atoms with van der Waals surface area (Å²) in [5.74, 6) is -0.775. The lowest BCUT2D eigenvalue weighted by molar-refractivity contribution is -0.147. The van der Waals surface area contributed by atoms with Crippen LogP contribution in [0.5, 0.6) is 0 Å². The smallest absolute Gasteiger partial charge is 0.311 e. The van der Waals surface area contributed by atoms with Crippen LogP contribution in [0.4, 0.5) is 5.69 Å². The maximum Gasteiger partial charge on any atom is 0.311 e. The molecular weight excluding hydrogens is 348 g/mol. The molecule has 1 aliphatic rings. The molecule has 0 aliphatic carbocycles. The number of benzene rings is 2. The number of amides is 1. The molecule has 2 heterocycles. The van der Waals surface area contributed by atoms with Gasteiger partial charge in [0, 0.05) is 18.5 Å². The Bertz CT molecular complexity index is 949. The standard InChI is InChI=1S/C20H18N2O3S/c1-2-25-20(24)13-11-18(23)22(12-13)16-9-5-3-7-14(16)19-21-15-8-4-6-10-17(15)26-19/h3-10,13H,2,11-12H2,1H3/t13-/m0/s1. The first kappa shape index (κ1) is 16.7. The predicted molar refractivity (Wildman–Crippen MR) is 102 cm³/mol. The van der Waals surface area contributed by atoms with E-state index in [0.29, 0.717) is 13.2 Å². The molecule has 0 radical (unpaired) electrons. The average molecular weight is 366 g/mol. The monoisotopic (exact) mass is 366 g/mol. The van der Waals surface area contributed by atoms with Gasteiger partial charge < -0.3 is 9.64 Å². The number of anilines is 1. The third-order valence-electron chi connectivity index (χ3n) is 4.46. The largest absolute Gasteiger partial charge is 0.466 e. The first-order chi connectivity index (χ1) is 12.7. The first-order valence-corrected chi connectivity index (χ1v) is 9.41. The molecule has 1 atom stereocenters. The van der Waals surface area contributed by atoms with Gasteiger partial charge in [-0.15, -0.1) is 11.3 Å². The van der Waals surface area contributed by atoms with Gasteiger partial charge in [0.25, 0.3) is 0 Å². The molecule has 3 aromatic rings. The molecule has 0 spiro atoms. The van der Waals surface area contributed by atoms with Crippen molar-refractivity contribution in [2.75, 3.05) is 18.1 Å². The molecule has 1 aromatic heterocycles. The Morgan fingerprint density at radius 1 is 1.23 bits per heavy atom. The van der Waals surface area contributed by atoms with Crippen molar-refractivity contribution < 1.29 is 14.3 Å². The zero-order valence-electron chi connectivity index (χ0n) is 14.3. The van der Waals surface area contributed by atoms with Crippen molar-refractivity contribution in [3.63, 3.8) is 0 Å². The third-order valence-corrected chi connectivity index (χ3v) is 5.53. The number of esters is 1. The second kappa shape index (κ2) is 6.88. The third kappa shape index (κ3) is 2.97. The van der Waals surface area contributed by atoms with Gasteiger partial charge in [0.1, 0.15) is 5.01 Å². The fraction of sp³-hybridized carbons (Fsp3) is 0.250. The molecular formula is C20H18N2O3S. The molecule has 6 heteroatoms. The summed E-state index contributed by atoms with van der Waals surface area (Å²) in [6.45, 7) is 2.44. The normalized spacial score (nSPS) is 17.0. The lowest BCUT2D eigenvalue weighted by Gasteiger charge is -2.19. The fourth-order valence-electron chi connectivity index (χ4n) is 3.24. The zero-order valence-corrected chi connectivity index (χ0v) is 15.2. The molecule has 0 bridgehead atoms. The summed E-state index contributed by atoms with van der Waals surface area (Å²) >= 11 is 1.60. The highest BCUT2D eigenvalue weighted by molar-refractivity contribution is 7.21. The van der Waals surface area contributed by atoms with Crippen LogP contribution in [0.2, 0.25) is 0 Å². The van der Waals surface area contributed by atoms with Crippen molar-refractivity contribution in [3.8, 4) is 10.6 Å². The predicted octanol–water partition coefficient (Wildman–Crippen LogP) is 3.88. The van der Waals surface area contributed by atoms with Crippen molar-refractivity contribution in [1.29, 1.82) is 0 Å². The van der Waals surface area contributed by atoms with Crippen LogP contribution >= 0.6 is 11.3 Å². The van der Waals surface area contributed by atoms with Crippen LogP contribution < -0.4 is 4.90 Å². The average Bonchev–Trinajstić information content (AvgIpc) is 3.25. The second-order valence-electron chi connectivity index (χ2n) is 6.16. The highest BCUT2D eigenvalue weighted by Gasteiger charge is 2.37. The highest BCUT2D eigenvalue weighted by Crippen LogP contribution is 2.38. The van der Waals surface area contributed by atoms with Gasteiger partial charge in [-0.1, -0.05) is 24.3 Å². The molecule has 5 nitrogen and oxygen atoms in total. The van der Waals surface area contributed by atoms with Crippen LogP contribution in [-0.4, -0.2) is 30.0 Å². The van der Waals surface area contributed by atoms with E-state index in [1.54, 1.807) is 23.2 Å². The summed E-state index contributed by atoms with van der Waals surface area (Å²) in [7, 11) is 0. The van der Waals surface area contributed by atoms with Gasteiger partial charge in [0.15, 0.2) is 0 Å². The lowest BCUT2D eigenvalue weighted by Crippen LogP contribution is -2.26. The van der Waals surface area contributed by atoms with Crippen molar-refractivity contribution in [2.45, 2.75) is 13.3 Å². The van der Waals surface area contributed by atoms with Gasteiger partial charge in [-0.25, -0.2) is 4.98 Å². The van der Waals surface area contributed by atoms with E-state index in [4.69, 9.17) is 9.72 Å². The zero-order chi connectivity index (χ0) is 18.1. The number of carbonyl (C=O) groups excluding carboxylic acids is 2. The number of thiazole rings is 1. The van der Waals surface area contributed by atoms with Gasteiger partial charge in [0.05, 0.1) is 28.4 Å². The van der Waals surface area contributed by atoms with E-state index < -0.39 is 5.92 Å². The Hall–Kier alpha value is -2.73. The minimum Gasteiger partial charge on any atom is -0.466 e. The molecule has 4 rings (SSSR count).